The van der Waals surface area contributed by atoms with Gasteiger partial charge < -0.3 is 13.9 Å². The highest BCUT2D eigenvalue weighted by atomic mass is 79.9. The van der Waals surface area contributed by atoms with Crippen LogP contribution in [-0.4, -0.2) is 27.1 Å². The van der Waals surface area contributed by atoms with E-state index in [0.717, 1.165) is 11.1 Å². The molecule has 186 valence electrons. The monoisotopic (exact) mass is 544 g/mol. The van der Waals surface area contributed by atoms with E-state index >= 15 is 0 Å². The fourth-order valence-corrected chi connectivity index (χ4v) is 10.6. The summed E-state index contributed by atoms with van der Waals surface area (Å²) in [7, 11) is -2.04. The molecule has 0 bridgehead atoms. The molecule has 3 nitrogen and oxygen atoms in total. The Morgan fingerprint density at radius 2 is 1.15 bits per heavy atom. The smallest absolute Gasteiger partial charge is 0.200 e. The molecule has 2 atom stereocenters. The quantitative estimate of drug-likeness (QED) is 0.177. The highest BCUT2D eigenvalue weighted by Crippen LogP contribution is 2.42. The molecule has 34 heavy (non-hydrogen) atoms. The first-order valence-electron chi connectivity index (χ1n) is 12.3. The molecule has 0 fully saturated rings. The van der Waals surface area contributed by atoms with Crippen LogP contribution in [0.1, 0.15) is 59.1 Å². The standard InChI is InChI=1S/C29H41BrO3Si/c1-23(2)34(24(3)4,25(5)6)33-22-29(32-21-27-16-11-8-12-17-27)28(18-13-19-30)31-20-26-14-9-7-10-15-26/h7-12,14-17,23-25,28-29H,18,20-22H2,1-6H3/t28-,29+/m0/s1. The van der Waals surface area contributed by atoms with Crippen molar-refractivity contribution in [2.24, 2.45) is 0 Å². The number of halogens is 1. The van der Waals surface area contributed by atoms with Crippen molar-refractivity contribution in [2.75, 3.05) is 6.61 Å². The molecule has 0 N–H and O–H groups in total. The van der Waals surface area contributed by atoms with Gasteiger partial charge in [-0.2, -0.15) is 0 Å². The van der Waals surface area contributed by atoms with Crippen LogP contribution >= 0.6 is 15.9 Å². The second-order valence-electron chi connectivity index (χ2n) is 9.77. The summed E-state index contributed by atoms with van der Waals surface area (Å²) >= 11 is 3.24. The first kappa shape index (κ1) is 28.8. The van der Waals surface area contributed by atoms with Crippen LogP contribution in [0.25, 0.3) is 0 Å². The predicted molar refractivity (Wildman–Crippen MR) is 148 cm³/mol. The minimum atomic E-state index is -2.04. The molecule has 0 saturated carbocycles. The van der Waals surface area contributed by atoms with E-state index in [1.54, 1.807) is 0 Å². The van der Waals surface area contributed by atoms with Gasteiger partial charge in [-0.25, -0.2) is 0 Å². The molecule has 0 aliphatic rings. The van der Waals surface area contributed by atoms with Crippen LogP contribution < -0.4 is 0 Å². The molecule has 2 aromatic carbocycles. The minimum absolute atomic E-state index is 0.202. The molecule has 0 heterocycles. The van der Waals surface area contributed by atoms with E-state index in [2.05, 4.69) is 92.5 Å². The molecule has 0 aromatic heterocycles. The third-order valence-corrected chi connectivity index (χ3v) is 13.0. The molecular formula is C29H41BrO3Si. The maximum absolute atomic E-state index is 6.95. The molecule has 0 amide bonds. The zero-order valence-electron chi connectivity index (χ0n) is 21.6. The van der Waals surface area contributed by atoms with Gasteiger partial charge in [-0.3, -0.25) is 0 Å². The molecule has 0 spiro atoms. The lowest BCUT2D eigenvalue weighted by atomic mass is 10.1. The van der Waals surface area contributed by atoms with Gasteiger partial charge in [-0.1, -0.05) is 108 Å². The molecular weight excluding hydrogens is 504 g/mol. The van der Waals surface area contributed by atoms with Crippen LogP contribution in [-0.2, 0) is 27.1 Å². The van der Waals surface area contributed by atoms with Gasteiger partial charge >= 0.3 is 0 Å². The topological polar surface area (TPSA) is 27.7 Å². The first-order chi connectivity index (χ1) is 16.3. The van der Waals surface area contributed by atoms with Gasteiger partial charge in [0.25, 0.3) is 0 Å². The lowest BCUT2D eigenvalue weighted by molar-refractivity contribution is -0.0997. The average Bonchev–Trinajstić information content (AvgIpc) is 2.82. The van der Waals surface area contributed by atoms with E-state index in [1.807, 2.05) is 36.4 Å². The average molecular weight is 546 g/mol. The lowest BCUT2D eigenvalue weighted by Gasteiger charge is -2.43. The number of benzene rings is 2. The summed E-state index contributed by atoms with van der Waals surface area (Å²) in [5.74, 6) is 3.15. The second kappa shape index (κ2) is 14.9. The highest BCUT2D eigenvalue weighted by Gasteiger charge is 2.45. The molecule has 5 heteroatoms. The van der Waals surface area contributed by atoms with E-state index in [1.165, 1.54) is 0 Å². The van der Waals surface area contributed by atoms with E-state index in [4.69, 9.17) is 13.9 Å². The Balaban J connectivity index is 2.26. The summed E-state index contributed by atoms with van der Waals surface area (Å²) in [4.78, 5) is 2.85. The summed E-state index contributed by atoms with van der Waals surface area (Å²) in [6, 6.07) is 20.5. The van der Waals surface area contributed by atoms with Gasteiger partial charge in [-0.15, -0.1) is 0 Å². The maximum atomic E-state index is 6.95. The van der Waals surface area contributed by atoms with Crippen LogP contribution in [0.15, 0.2) is 60.7 Å². The number of hydrogen-bond donors (Lipinski definition) is 0. The normalized spacial score (nSPS) is 13.7. The maximum Gasteiger partial charge on any atom is 0.200 e. The van der Waals surface area contributed by atoms with Crippen LogP contribution in [0.5, 0.6) is 0 Å². The third kappa shape index (κ3) is 8.36. The molecule has 0 radical (unpaired) electrons. The van der Waals surface area contributed by atoms with E-state index in [9.17, 15) is 0 Å². The zero-order chi connectivity index (χ0) is 25.0. The van der Waals surface area contributed by atoms with Gasteiger partial charge in [0, 0.05) is 22.4 Å². The van der Waals surface area contributed by atoms with E-state index in [0.29, 0.717) is 42.9 Å². The van der Waals surface area contributed by atoms with Crippen molar-refractivity contribution < 1.29 is 13.9 Å². The van der Waals surface area contributed by atoms with Gasteiger partial charge in [-0.05, 0) is 32.6 Å². The summed E-state index contributed by atoms with van der Waals surface area (Å²) in [5, 5.41) is 0. The Hall–Kier alpha value is -1.42. The van der Waals surface area contributed by atoms with Crippen molar-refractivity contribution in [3.8, 4) is 10.8 Å². The number of rotatable bonds is 14. The molecule has 0 aliphatic carbocycles. The van der Waals surface area contributed by atoms with Crippen molar-refractivity contribution in [1.82, 2.24) is 0 Å². The fraction of sp³-hybridized carbons (Fsp3) is 0.517. The Labute approximate surface area is 216 Å². The summed E-state index contributed by atoms with van der Waals surface area (Å²) in [6.45, 7) is 15.4. The lowest BCUT2D eigenvalue weighted by Crippen LogP contribution is -2.50. The van der Waals surface area contributed by atoms with E-state index < -0.39 is 8.32 Å². The van der Waals surface area contributed by atoms with Crippen molar-refractivity contribution in [1.29, 1.82) is 0 Å². The van der Waals surface area contributed by atoms with Crippen LogP contribution in [0.2, 0.25) is 16.6 Å². The van der Waals surface area contributed by atoms with Crippen LogP contribution in [0, 0.1) is 10.8 Å². The second-order valence-corrected chi connectivity index (χ2v) is 15.6. The summed E-state index contributed by atoms with van der Waals surface area (Å²) in [6.07, 6.45) is 0.146. The van der Waals surface area contributed by atoms with Gasteiger partial charge in [0.1, 0.15) is 6.10 Å². The minimum Gasteiger partial charge on any atom is -0.413 e. The summed E-state index contributed by atoms with van der Waals surface area (Å²) in [5.41, 5.74) is 3.80. The van der Waals surface area contributed by atoms with Gasteiger partial charge in [0.15, 0.2) is 8.32 Å². The first-order valence-corrected chi connectivity index (χ1v) is 15.3. The molecule has 0 unspecified atom stereocenters. The Morgan fingerprint density at radius 1 is 0.706 bits per heavy atom. The number of ether oxygens (including phenoxy) is 2. The SMILES string of the molecule is CC(C)[Si](OC[C@@H](OCc1ccccc1)[C@H](CC#CBr)OCc1ccccc1)(C(C)C)C(C)C. The van der Waals surface area contributed by atoms with Crippen molar-refractivity contribution in [3.05, 3.63) is 71.8 Å². The fourth-order valence-electron chi connectivity index (χ4n) is 4.98. The van der Waals surface area contributed by atoms with E-state index in [-0.39, 0.29) is 12.2 Å². The molecule has 2 rings (SSSR count). The Bertz CT molecular complexity index is 853. The van der Waals surface area contributed by atoms with Gasteiger partial charge in [0.2, 0.25) is 0 Å². The molecule has 0 saturated heterocycles. The third-order valence-electron chi connectivity index (χ3n) is 6.60. The predicted octanol–water partition coefficient (Wildman–Crippen LogP) is 8.10. The Kier molecular flexibility index (Phi) is 12.6. The van der Waals surface area contributed by atoms with Crippen LogP contribution in [0.3, 0.4) is 0 Å². The number of hydrogen-bond acceptors (Lipinski definition) is 3. The van der Waals surface area contributed by atoms with Crippen molar-refractivity contribution in [2.45, 2.75) is 90.0 Å². The van der Waals surface area contributed by atoms with Crippen LogP contribution in [0.4, 0.5) is 0 Å². The highest BCUT2D eigenvalue weighted by molar-refractivity contribution is 9.12. The molecule has 0 aliphatic heterocycles. The zero-order valence-corrected chi connectivity index (χ0v) is 24.2. The molecule has 2 aromatic rings. The van der Waals surface area contributed by atoms with Crippen molar-refractivity contribution in [3.63, 3.8) is 0 Å². The Morgan fingerprint density at radius 3 is 1.56 bits per heavy atom. The van der Waals surface area contributed by atoms with Crippen molar-refractivity contribution >= 4 is 24.2 Å². The largest absolute Gasteiger partial charge is 0.413 e. The van der Waals surface area contributed by atoms with Gasteiger partial charge in [0.05, 0.1) is 25.9 Å². The summed E-state index contributed by atoms with van der Waals surface area (Å²) < 4.78 is 19.9.